The summed E-state index contributed by atoms with van der Waals surface area (Å²) in [6.45, 7) is 4.94. The summed E-state index contributed by atoms with van der Waals surface area (Å²) in [6, 6.07) is 13.3. The quantitative estimate of drug-likeness (QED) is 0.720. The first kappa shape index (κ1) is 17.1. The van der Waals surface area contributed by atoms with Crippen LogP contribution in [0.25, 0.3) is 11.0 Å². The van der Waals surface area contributed by atoms with Gasteiger partial charge in [0, 0.05) is 12.1 Å². The van der Waals surface area contributed by atoms with E-state index in [9.17, 15) is 9.18 Å². The van der Waals surface area contributed by atoms with Gasteiger partial charge >= 0.3 is 0 Å². The summed E-state index contributed by atoms with van der Waals surface area (Å²) in [5.41, 5.74) is 2.44. The highest BCUT2D eigenvalue weighted by Crippen LogP contribution is 2.22. The number of benzene rings is 2. The molecule has 0 unspecified atom stereocenters. The Morgan fingerprint density at radius 3 is 2.64 bits per heavy atom. The summed E-state index contributed by atoms with van der Waals surface area (Å²) in [5, 5.41) is 2.96. The van der Waals surface area contributed by atoms with Gasteiger partial charge in [0.15, 0.2) is 0 Å². The fraction of sp³-hybridized carbons (Fsp3) is 0.300. The van der Waals surface area contributed by atoms with Crippen molar-refractivity contribution in [1.82, 2.24) is 14.9 Å². The second-order valence-electron chi connectivity index (χ2n) is 6.17. The molecule has 25 heavy (non-hydrogen) atoms. The maximum absolute atomic E-state index is 13.0. The number of carbonyl (C=O) groups is 1. The van der Waals surface area contributed by atoms with E-state index < -0.39 is 0 Å². The molecule has 0 aliphatic rings. The molecule has 0 aliphatic carbocycles. The molecule has 0 fully saturated rings. The molecule has 0 bridgehead atoms. The highest BCUT2D eigenvalue weighted by Gasteiger charge is 2.18. The van der Waals surface area contributed by atoms with Gasteiger partial charge in [0.2, 0.25) is 0 Å². The number of halogens is 1. The van der Waals surface area contributed by atoms with Crippen LogP contribution < -0.4 is 5.32 Å². The maximum Gasteiger partial charge on any atom is 0.251 e. The fourth-order valence-electron chi connectivity index (χ4n) is 2.92. The third-order valence-corrected chi connectivity index (χ3v) is 4.26. The molecule has 0 radical (unpaired) electrons. The van der Waals surface area contributed by atoms with E-state index in [4.69, 9.17) is 4.98 Å². The first-order valence-corrected chi connectivity index (χ1v) is 8.61. The molecule has 2 aromatic carbocycles. The molecule has 3 aromatic rings. The van der Waals surface area contributed by atoms with E-state index >= 15 is 0 Å². The van der Waals surface area contributed by atoms with Crippen LogP contribution in [-0.2, 0) is 6.54 Å². The average molecular weight is 339 g/mol. The number of hydrogen-bond acceptors (Lipinski definition) is 2. The Morgan fingerprint density at radius 2 is 1.92 bits per heavy atom. The molecule has 1 aromatic heterocycles. The van der Waals surface area contributed by atoms with Gasteiger partial charge in [-0.3, -0.25) is 4.79 Å². The van der Waals surface area contributed by atoms with Gasteiger partial charge in [-0.05, 0) is 49.7 Å². The van der Waals surface area contributed by atoms with Gasteiger partial charge in [0.25, 0.3) is 5.91 Å². The zero-order chi connectivity index (χ0) is 17.8. The number of amides is 1. The lowest BCUT2D eigenvalue weighted by Gasteiger charge is -2.16. The normalized spacial score (nSPS) is 12.3. The topological polar surface area (TPSA) is 46.9 Å². The van der Waals surface area contributed by atoms with Gasteiger partial charge in [0.1, 0.15) is 11.6 Å². The zero-order valence-corrected chi connectivity index (χ0v) is 14.5. The van der Waals surface area contributed by atoms with Crippen molar-refractivity contribution in [2.45, 2.75) is 39.3 Å². The number of imidazole rings is 1. The molecule has 1 heterocycles. The van der Waals surface area contributed by atoms with Crippen LogP contribution in [0.2, 0.25) is 0 Å². The molecule has 1 atom stereocenters. The zero-order valence-electron chi connectivity index (χ0n) is 14.5. The predicted molar refractivity (Wildman–Crippen MR) is 96.9 cm³/mol. The summed E-state index contributed by atoms with van der Waals surface area (Å²) < 4.78 is 15.2. The molecule has 5 heteroatoms. The van der Waals surface area contributed by atoms with Crippen LogP contribution in [0.3, 0.4) is 0 Å². The van der Waals surface area contributed by atoms with Crippen LogP contribution in [0, 0.1) is 5.82 Å². The summed E-state index contributed by atoms with van der Waals surface area (Å²) in [7, 11) is 0. The number of carbonyl (C=O) groups excluding carboxylic acids is 1. The average Bonchev–Trinajstić information content (AvgIpc) is 2.99. The second-order valence-corrected chi connectivity index (χ2v) is 6.17. The Kier molecular flexibility index (Phi) is 5.12. The first-order chi connectivity index (χ1) is 12.1. The number of aromatic nitrogens is 2. The highest BCUT2D eigenvalue weighted by atomic mass is 19.1. The van der Waals surface area contributed by atoms with Gasteiger partial charge in [0.05, 0.1) is 17.1 Å². The van der Waals surface area contributed by atoms with Gasteiger partial charge < -0.3 is 9.88 Å². The van der Waals surface area contributed by atoms with Crippen LogP contribution in [0.5, 0.6) is 0 Å². The number of aryl methyl sites for hydroxylation is 1. The maximum atomic E-state index is 13.0. The third kappa shape index (κ3) is 3.71. The van der Waals surface area contributed by atoms with E-state index in [2.05, 4.69) is 22.9 Å². The van der Waals surface area contributed by atoms with Crippen molar-refractivity contribution < 1.29 is 9.18 Å². The molecular weight excluding hydrogens is 317 g/mol. The van der Waals surface area contributed by atoms with Gasteiger partial charge in [-0.15, -0.1) is 0 Å². The van der Waals surface area contributed by atoms with E-state index in [1.165, 1.54) is 24.3 Å². The summed E-state index contributed by atoms with van der Waals surface area (Å²) in [6.07, 6.45) is 2.13. The van der Waals surface area contributed by atoms with Crippen LogP contribution in [0.1, 0.15) is 48.9 Å². The van der Waals surface area contributed by atoms with Gasteiger partial charge in [-0.2, -0.15) is 0 Å². The van der Waals surface area contributed by atoms with Crippen molar-refractivity contribution in [3.8, 4) is 0 Å². The molecule has 0 aliphatic heterocycles. The largest absolute Gasteiger partial charge is 0.342 e. The monoisotopic (exact) mass is 339 g/mol. The number of hydrogen-bond donors (Lipinski definition) is 1. The Labute approximate surface area is 146 Å². The van der Waals surface area contributed by atoms with Crippen LogP contribution in [-0.4, -0.2) is 15.5 Å². The van der Waals surface area contributed by atoms with Crippen molar-refractivity contribution >= 4 is 16.9 Å². The Morgan fingerprint density at radius 1 is 1.20 bits per heavy atom. The van der Waals surface area contributed by atoms with Crippen molar-refractivity contribution in [2.24, 2.45) is 0 Å². The van der Waals surface area contributed by atoms with Crippen molar-refractivity contribution in [3.05, 3.63) is 65.7 Å². The Bertz CT molecular complexity index is 870. The molecule has 0 saturated carbocycles. The second kappa shape index (κ2) is 7.47. The summed E-state index contributed by atoms with van der Waals surface area (Å²) >= 11 is 0. The number of nitrogens with one attached hydrogen (secondary N) is 1. The fourth-order valence-corrected chi connectivity index (χ4v) is 2.92. The molecule has 130 valence electrons. The van der Waals surface area contributed by atoms with Crippen LogP contribution in [0.4, 0.5) is 4.39 Å². The number of rotatable bonds is 6. The van der Waals surface area contributed by atoms with Crippen molar-refractivity contribution in [2.75, 3.05) is 0 Å². The summed E-state index contributed by atoms with van der Waals surface area (Å²) in [4.78, 5) is 17.1. The van der Waals surface area contributed by atoms with E-state index in [1.807, 2.05) is 25.1 Å². The summed E-state index contributed by atoms with van der Waals surface area (Å²) in [5.74, 6) is 0.248. The van der Waals surface area contributed by atoms with Crippen LogP contribution >= 0.6 is 0 Å². The third-order valence-electron chi connectivity index (χ3n) is 4.26. The van der Waals surface area contributed by atoms with Crippen molar-refractivity contribution in [3.63, 3.8) is 0 Å². The molecule has 0 spiro atoms. The van der Waals surface area contributed by atoms with E-state index in [0.717, 1.165) is 36.2 Å². The molecule has 4 nitrogen and oxygen atoms in total. The minimum absolute atomic E-state index is 0.235. The van der Waals surface area contributed by atoms with Crippen molar-refractivity contribution in [1.29, 1.82) is 0 Å². The Hall–Kier alpha value is -2.69. The predicted octanol–water partition coefficient (Wildman–Crippen LogP) is 4.47. The minimum Gasteiger partial charge on any atom is -0.342 e. The molecule has 3 rings (SSSR count). The van der Waals surface area contributed by atoms with Gasteiger partial charge in [-0.25, -0.2) is 9.37 Å². The van der Waals surface area contributed by atoms with E-state index in [0.29, 0.717) is 5.56 Å². The lowest BCUT2D eigenvalue weighted by molar-refractivity contribution is 0.0937. The smallest absolute Gasteiger partial charge is 0.251 e. The SMILES string of the molecule is CCCCn1c([C@@H](C)NC(=O)c2ccc(F)cc2)nc2ccccc21. The standard InChI is InChI=1S/C20H22FN3O/c1-3-4-13-24-18-8-6-5-7-17(18)23-19(24)14(2)22-20(25)15-9-11-16(21)12-10-15/h5-12,14H,3-4,13H2,1-2H3,(H,22,25)/t14-/m1/s1. The molecule has 0 saturated heterocycles. The van der Waals surface area contributed by atoms with E-state index in [1.54, 1.807) is 0 Å². The Balaban J connectivity index is 1.86. The number of para-hydroxylation sites is 2. The highest BCUT2D eigenvalue weighted by molar-refractivity contribution is 5.94. The minimum atomic E-state index is -0.356. The van der Waals surface area contributed by atoms with Gasteiger partial charge in [-0.1, -0.05) is 25.5 Å². The molecule has 1 N–H and O–H groups in total. The lowest BCUT2D eigenvalue weighted by atomic mass is 10.2. The number of nitrogens with zero attached hydrogens (tertiary/aromatic N) is 2. The van der Waals surface area contributed by atoms with E-state index in [-0.39, 0.29) is 17.8 Å². The lowest BCUT2D eigenvalue weighted by Crippen LogP contribution is -2.28. The number of fused-ring (bicyclic) bond motifs is 1. The molecule has 1 amide bonds. The van der Waals surface area contributed by atoms with Crippen LogP contribution in [0.15, 0.2) is 48.5 Å². The first-order valence-electron chi connectivity index (χ1n) is 8.61. The number of unbranched alkanes of at least 4 members (excludes halogenated alkanes) is 1. The molecular formula is C20H22FN3O.